The number of hydrogen-bond acceptors (Lipinski definition) is 2. The molecular weight excluding hydrogens is 149 g/mol. The van der Waals surface area contributed by atoms with Gasteiger partial charge in [-0.1, -0.05) is 0 Å². The van der Waals surface area contributed by atoms with Gasteiger partial charge in [-0.2, -0.15) is 0 Å². The summed E-state index contributed by atoms with van der Waals surface area (Å²) < 4.78 is 0. The Morgan fingerprint density at radius 3 is 2.83 bits per heavy atom. The summed E-state index contributed by atoms with van der Waals surface area (Å²) in [7, 11) is 1.75. The smallest absolute Gasteiger partial charge is 0.162 e. The SMILES string of the molecule is BC(=N)/C=C(/C)c1nc(C)c[nH]1. The van der Waals surface area contributed by atoms with Crippen molar-refractivity contribution in [2.24, 2.45) is 0 Å². The highest BCUT2D eigenvalue weighted by atomic mass is 14.9. The molecule has 12 heavy (non-hydrogen) atoms. The van der Waals surface area contributed by atoms with E-state index in [0.29, 0.717) is 5.61 Å². The fraction of sp³-hybridized carbons (Fsp3) is 0.250. The summed E-state index contributed by atoms with van der Waals surface area (Å²) in [6, 6.07) is 0. The van der Waals surface area contributed by atoms with Crippen LogP contribution < -0.4 is 0 Å². The Morgan fingerprint density at radius 2 is 2.42 bits per heavy atom. The van der Waals surface area contributed by atoms with Gasteiger partial charge in [-0.05, 0) is 31.1 Å². The molecule has 4 heteroatoms. The fourth-order valence-corrected chi connectivity index (χ4v) is 1.01. The number of nitrogens with zero attached hydrogens (tertiary/aromatic N) is 1. The third kappa shape index (κ3) is 2.08. The monoisotopic (exact) mass is 161 g/mol. The number of rotatable bonds is 2. The highest BCUT2D eigenvalue weighted by Crippen LogP contribution is 2.08. The van der Waals surface area contributed by atoms with Crippen molar-refractivity contribution in [3.63, 3.8) is 0 Å². The van der Waals surface area contributed by atoms with Crippen molar-refractivity contribution in [2.45, 2.75) is 13.8 Å². The van der Waals surface area contributed by atoms with Gasteiger partial charge >= 0.3 is 0 Å². The van der Waals surface area contributed by atoms with E-state index in [1.165, 1.54) is 0 Å². The van der Waals surface area contributed by atoms with E-state index in [1.807, 2.05) is 20.0 Å². The third-order valence-electron chi connectivity index (χ3n) is 1.51. The van der Waals surface area contributed by atoms with Crippen LogP contribution in [0.1, 0.15) is 18.4 Å². The van der Waals surface area contributed by atoms with Gasteiger partial charge in [0.05, 0.1) is 5.69 Å². The lowest BCUT2D eigenvalue weighted by molar-refractivity contribution is 1.20. The molecule has 0 aliphatic carbocycles. The summed E-state index contributed by atoms with van der Waals surface area (Å²) in [5.41, 5.74) is 2.51. The zero-order chi connectivity index (χ0) is 9.14. The predicted molar refractivity (Wildman–Crippen MR) is 53.2 cm³/mol. The van der Waals surface area contributed by atoms with Crippen molar-refractivity contribution in [3.05, 3.63) is 23.8 Å². The standard InChI is InChI=1S/C8H12BN3/c1-5(3-7(9)10)8-11-4-6(2)12-8/h3-4,10H,9H2,1-2H3,(H,11,12)/b5-3-,10-7?. The summed E-state index contributed by atoms with van der Waals surface area (Å²) in [4.78, 5) is 7.28. The lowest BCUT2D eigenvalue weighted by Gasteiger charge is -1.94. The molecule has 0 saturated heterocycles. The van der Waals surface area contributed by atoms with E-state index in [9.17, 15) is 0 Å². The van der Waals surface area contributed by atoms with Crippen LogP contribution in [0.3, 0.4) is 0 Å². The van der Waals surface area contributed by atoms with Crippen LogP contribution in [0.15, 0.2) is 12.3 Å². The van der Waals surface area contributed by atoms with Crippen LogP contribution in [0.4, 0.5) is 0 Å². The summed E-state index contributed by atoms with van der Waals surface area (Å²) in [5, 5.41) is 7.26. The maximum Gasteiger partial charge on any atom is 0.162 e. The second-order valence-electron chi connectivity index (χ2n) is 2.90. The molecule has 1 aromatic heterocycles. The van der Waals surface area contributed by atoms with Gasteiger partial charge < -0.3 is 10.4 Å². The van der Waals surface area contributed by atoms with Crippen molar-refractivity contribution >= 4 is 19.0 Å². The molecule has 0 unspecified atom stereocenters. The molecule has 0 amide bonds. The van der Waals surface area contributed by atoms with E-state index in [-0.39, 0.29) is 0 Å². The fourth-order valence-electron chi connectivity index (χ4n) is 1.01. The van der Waals surface area contributed by atoms with Gasteiger partial charge in [0.15, 0.2) is 7.85 Å². The first-order valence-corrected chi connectivity index (χ1v) is 3.85. The van der Waals surface area contributed by atoms with Crippen LogP contribution in [0.5, 0.6) is 0 Å². The van der Waals surface area contributed by atoms with E-state index in [1.54, 1.807) is 13.9 Å². The normalized spacial score (nSPS) is 11.7. The van der Waals surface area contributed by atoms with Gasteiger partial charge in [0, 0.05) is 6.20 Å². The van der Waals surface area contributed by atoms with Crippen molar-refractivity contribution in [1.82, 2.24) is 9.97 Å². The van der Waals surface area contributed by atoms with Gasteiger partial charge in [-0.25, -0.2) is 4.98 Å². The van der Waals surface area contributed by atoms with Crippen LogP contribution in [0.25, 0.3) is 5.57 Å². The van der Waals surface area contributed by atoms with Crippen molar-refractivity contribution in [3.8, 4) is 0 Å². The number of allylic oxidation sites excluding steroid dienone is 2. The molecule has 2 N–H and O–H groups in total. The molecule has 0 fully saturated rings. The maximum absolute atomic E-state index is 7.26. The average Bonchev–Trinajstić information content (AvgIpc) is 2.34. The van der Waals surface area contributed by atoms with E-state index in [0.717, 1.165) is 17.1 Å². The first kappa shape index (κ1) is 8.78. The molecule has 0 bridgehead atoms. The number of aromatic amines is 1. The Hall–Kier alpha value is -1.32. The van der Waals surface area contributed by atoms with E-state index < -0.39 is 0 Å². The molecule has 1 aromatic rings. The van der Waals surface area contributed by atoms with Crippen molar-refractivity contribution in [1.29, 1.82) is 5.41 Å². The summed E-state index contributed by atoms with van der Waals surface area (Å²) >= 11 is 0. The van der Waals surface area contributed by atoms with Gasteiger partial charge in [0.2, 0.25) is 0 Å². The Morgan fingerprint density at radius 1 is 1.75 bits per heavy atom. The lowest BCUT2D eigenvalue weighted by Crippen LogP contribution is -1.91. The predicted octanol–water partition coefficient (Wildman–Crippen LogP) is 0.732. The van der Waals surface area contributed by atoms with Crippen LogP contribution >= 0.6 is 0 Å². The second kappa shape index (κ2) is 3.39. The molecular formula is C8H12BN3. The van der Waals surface area contributed by atoms with Crippen molar-refractivity contribution in [2.75, 3.05) is 0 Å². The van der Waals surface area contributed by atoms with Gasteiger partial charge in [-0.3, -0.25) is 0 Å². The molecule has 0 aromatic carbocycles. The minimum absolute atomic E-state index is 0.543. The van der Waals surface area contributed by atoms with E-state index >= 15 is 0 Å². The molecule has 1 rings (SSSR count). The summed E-state index contributed by atoms with van der Waals surface area (Å²) in [6.07, 6.45) is 3.64. The summed E-state index contributed by atoms with van der Waals surface area (Å²) in [6.45, 7) is 3.88. The number of aromatic nitrogens is 2. The number of hydrogen-bond donors (Lipinski definition) is 2. The number of H-pyrrole nitrogens is 1. The van der Waals surface area contributed by atoms with Gasteiger partial charge in [0.1, 0.15) is 5.82 Å². The third-order valence-corrected chi connectivity index (χ3v) is 1.51. The molecule has 0 aliphatic heterocycles. The largest absolute Gasteiger partial charge is 0.345 e. The minimum Gasteiger partial charge on any atom is -0.345 e. The maximum atomic E-state index is 7.26. The molecule has 0 aliphatic rings. The highest BCUT2D eigenvalue weighted by Gasteiger charge is 1.98. The number of nitrogens with one attached hydrogen (secondary N) is 2. The molecule has 0 spiro atoms. The minimum atomic E-state index is 0.543. The van der Waals surface area contributed by atoms with Gasteiger partial charge in [0.25, 0.3) is 0 Å². The Kier molecular flexibility index (Phi) is 2.48. The van der Waals surface area contributed by atoms with Crippen LogP contribution in [0, 0.1) is 12.3 Å². The number of aryl methyl sites for hydroxylation is 1. The van der Waals surface area contributed by atoms with E-state index in [4.69, 9.17) is 5.41 Å². The van der Waals surface area contributed by atoms with Crippen molar-refractivity contribution < 1.29 is 0 Å². The molecule has 62 valence electrons. The van der Waals surface area contributed by atoms with Gasteiger partial charge in [-0.15, -0.1) is 0 Å². The first-order valence-electron chi connectivity index (χ1n) is 3.85. The Bertz CT molecular complexity index is 325. The Labute approximate surface area is 72.8 Å². The average molecular weight is 161 g/mol. The summed E-state index contributed by atoms with van der Waals surface area (Å²) in [5.74, 6) is 0.846. The quantitative estimate of drug-likeness (QED) is 0.487. The first-order chi connectivity index (χ1) is 5.59. The second-order valence-corrected chi connectivity index (χ2v) is 2.90. The molecule has 0 atom stereocenters. The van der Waals surface area contributed by atoms with Crippen LogP contribution in [0.2, 0.25) is 0 Å². The zero-order valence-electron chi connectivity index (χ0n) is 7.60. The molecule has 1 heterocycles. The number of imidazole rings is 1. The molecule has 3 nitrogen and oxygen atoms in total. The lowest BCUT2D eigenvalue weighted by atomic mass is 9.99. The molecule has 0 saturated carbocycles. The van der Waals surface area contributed by atoms with E-state index in [2.05, 4.69) is 9.97 Å². The van der Waals surface area contributed by atoms with Crippen LogP contribution in [-0.2, 0) is 0 Å². The zero-order valence-corrected chi connectivity index (χ0v) is 7.60. The topological polar surface area (TPSA) is 52.5 Å². The Balaban J connectivity index is 2.91. The highest BCUT2D eigenvalue weighted by molar-refractivity contribution is 6.62. The van der Waals surface area contributed by atoms with Crippen LogP contribution in [-0.4, -0.2) is 23.4 Å². The molecule has 0 radical (unpaired) electrons.